The van der Waals surface area contributed by atoms with Crippen molar-refractivity contribution in [3.05, 3.63) is 60.7 Å². The monoisotopic (exact) mass is 405 g/mol. The van der Waals surface area contributed by atoms with Crippen LogP contribution in [0.25, 0.3) is 17.3 Å². The molecule has 0 spiro atoms. The van der Waals surface area contributed by atoms with E-state index in [4.69, 9.17) is 9.15 Å². The van der Waals surface area contributed by atoms with Gasteiger partial charge in [0.05, 0.1) is 6.26 Å². The van der Waals surface area contributed by atoms with Gasteiger partial charge in [-0.25, -0.2) is 4.68 Å². The predicted octanol–water partition coefficient (Wildman–Crippen LogP) is 2.33. The number of H-pyrrole nitrogens is 1. The molecule has 5 heterocycles. The van der Waals surface area contributed by atoms with E-state index < -0.39 is 0 Å². The highest BCUT2D eigenvalue weighted by molar-refractivity contribution is 5.93. The highest BCUT2D eigenvalue weighted by Crippen LogP contribution is 2.21. The smallest absolute Gasteiger partial charge is 0.274 e. The number of hydrogen-bond acceptors (Lipinski definition) is 7. The summed E-state index contributed by atoms with van der Waals surface area (Å²) in [7, 11) is 0. The summed E-state index contributed by atoms with van der Waals surface area (Å²) in [6.45, 7) is 1.18. The third kappa shape index (κ3) is 3.66. The summed E-state index contributed by atoms with van der Waals surface area (Å²) in [5, 5.41) is 19.4. The number of aromatic amines is 1. The Labute approximate surface area is 171 Å². The van der Waals surface area contributed by atoms with Crippen LogP contribution in [-0.4, -0.2) is 60.2 Å². The van der Waals surface area contributed by atoms with Gasteiger partial charge in [-0.05, 0) is 24.3 Å². The van der Waals surface area contributed by atoms with Crippen LogP contribution in [0.4, 0.5) is 0 Å². The molecule has 0 unspecified atom stereocenters. The van der Waals surface area contributed by atoms with Gasteiger partial charge in [0.15, 0.2) is 17.3 Å². The number of piperidine rings is 1. The van der Waals surface area contributed by atoms with Crippen LogP contribution in [-0.2, 0) is 0 Å². The van der Waals surface area contributed by atoms with Gasteiger partial charge in [-0.2, -0.15) is 10.2 Å². The van der Waals surface area contributed by atoms with E-state index in [-0.39, 0.29) is 12.0 Å². The molecular weight excluding hydrogens is 386 g/mol. The highest BCUT2D eigenvalue weighted by atomic mass is 16.5. The Hall–Kier alpha value is -3.95. The SMILES string of the molecule is O=C(c1cc(-c2ccco2)[nH]n1)N1CCC(Oc2ccc(-n3cccn3)nn2)CC1. The van der Waals surface area contributed by atoms with Crippen molar-refractivity contribution in [1.29, 1.82) is 0 Å². The van der Waals surface area contributed by atoms with Crippen molar-refractivity contribution in [3.63, 3.8) is 0 Å². The molecule has 0 atom stereocenters. The Morgan fingerprint density at radius 3 is 2.77 bits per heavy atom. The first-order chi connectivity index (χ1) is 14.8. The molecule has 1 fully saturated rings. The quantitative estimate of drug-likeness (QED) is 0.542. The molecule has 4 aromatic heterocycles. The summed E-state index contributed by atoms with van der Waals surface area (Å²) in [5.74, 6) is 1.63. The summed E-state index contributed by atoms with van der Waals surface area (Å²) in [6.07, 6.45) is 6.47. The van der Waals surface area contributed by atoms with Gasteiger partial charge in [-0.3, -0.25) is 9.89 Å². The molecule has 1 aliphatic heterocycles. The first kappa shape index (κ1) is 18.1. The zero-order valence-corrected chi connectivity index (χ0v) is 16.0. The van der Waals surface area contributed by atoms with Gasteiger partial charge in [-0.15, -0.1) is 10.2 Å². The van der Waals surface area contributed by atoms with Crippen LogP contribution in [0.3, 0.4) is 0 Å². The normalized spacial score (nSPS) is 14.7. The molecule has 1 aliphatic rings. The van der Waals surface area contributed by atoms with Crippen molar-refractivity contribution in [3.8, 4) is 23.2 Å². The molecule has 4 aromatic rings. The van der Waals surface area contributed by atoms with E-state index in [0.717, 1.165) is 0 Å². The van der Waals surface area contributed by atoms with Crippen molar-refractivity contribution in [2.75, 3.05) is 13.1 Å². The van der Waals surface area contributed by atoms with Crippen molar-refractivity contribution >= 4 is 5.91 Å². The van der Waals surface area contributed by atoms with Gasteiger partial charge in [0.25, 0.3) is 5.91 Å². The van der Waals surface area contributed by atoms with Gasteiger partial charge in [0.2, 0.25) is 5.88 Å². The summed E-state index contributed by atoms with van der Waals surface area (Å²) in [5.41, 5.74) is 1.06. The zero-order chi connectivity index (χ0) is 20.3. The molecule has 0 saturated carbocycles. The minimum Gasteiger partial charge on any atom is -0.473 e. The van der Waals surface area contributed by atoms with Gasteiger partial charge in [-0.1, -0.05) is 0 Å². The maximum absolute atomic E-state index is 12.7. The fourth-order valence-corrected chi connectivity index (χ4v) is 3.40. The number of amides is 1. The Kier molecular flexibility index (Phi) is 4.72. The van der Waals surface area contributed by atoms with Gasteiger partial charge < -0.3 is 14.1 Å². The van der Waals surface area contributed by atoms with Crippen LogP contribution in [0, 0.1) is 0 Å². The molecule has 10 nitrogen and oxygen atoms in total. The molecule has 30 heavy (non-hydrogen) atoms. The lowest BCUT2D eigenvalue weighted by Gasteiger charge is -2.31. The van der Waals surface area contributed by atoms with Crippen molar-refractivity contribution < 1.29 is 13.9 Å². The van der Waals surface area contributed by atoms with Crippen molar-refractivity contribution in [2.45, 2.75) is 18.9 Å². The predicted molar refractivity (Wildman–Crippen MR) is 105 cm³/mol. The Balaban J connectivity index is 1.16. The average Bonchev–Trinajstić information content (AvgIpc) is 3.57. The largest absolute Gasteiger partial charge is 0.473 e. The molecule has 1 N–H and O–H groups in total. The van der Waals surface area contributed by atoms with E-state index >= 15 is 0 Å². The maximum Gasteiger partial charge on any atom is 0.274 e. The number of ether oxygens (including phenoxy) is 1. The number of carbonyl (C=O) groups is 1. The van der Waals surface area contributed by atoms with E-state index in [2.05, 4.69) is 25.5 Å². The van der Waals surface area contributed by atoms with Crippen LogP contribution >= 0.6 is 0 Å². The van der Waals surface area contributed by atoms with E-state index in [9.17, 15) is 4.79 Å². The van der Waals surface area contributed by atoms with Crippen LogP contribution in [0.15, 0.2) is 59.5 Å². The van der Waals surface area contributed by atoms with Gasteiger partial charge in [0, 0.05) is 50.5 Å². The second-order valence-corrected chi connectivity index (χ2v) is 6.93. The zero-order valence-electron chi connectivity index (χ0n) is 16.0. The summed E-state index contributed by atoms with van der Waals surface area (Å²) in [4.78, 5) is 14.5. The molecule has 10 heteroatoms. The lowest BCUT2D eigenvalue weighted by molar-refractivity contribution is 0.0580. The molecule has 152 valence electrons. The fraction of sp³-hybridized carbons (Fsp3) is 0.250. The standard InChI is InChI=1S/C20H19N7O3/c28-20(16-13-15(22-23-16)17-3-1-12-29-17)26-10-6-14(7-11-26)30-19-5-4-18(24-25-19)27-9-2-8-21-27/h1-5,8-9,12-14H,6-7,10-11H2,(H,22,23). The third-order valence-electron chi connectivity index (χ3n) is 4.97. The van der Waals surface area contributed by atoms with E-state index in [1.165, 1.54) is 0 Å². The number of hydrogen-bond donors (Lipinski definition) is 1. The minimum atomic E-state index is -0.106. The first-order valence-corrected chi connectivity index (χ1v) is 9.65. The highest BCUT2D eigenvalue weighted by Gasteiger charge is 2.26. The molecule has 5 rings (SSSR count). The molecule has 0 bridgehead atoms. The average molecular weight is 405 g/mol. The lowest BCUT2D eigenvalue weighted by atomic mass is 10.1. The van der Waals surface area contributed by atoms with Gasteiger partial charge in [0.1, 0.15) is 11.8 Å². The number of aromatic nitrogens is 6. The van der Waals surface area contributed by atoms with Crippen LogP contribution in [0.1, 0.15) is 23.3 Å². The Morgan fingerprint density at radius 2 is 2.07 bits per heavy atom. The van der Waals surface area contributed by atoms with Crippen LogP contribution < -0.4 is 4.74 Å². The first-order valence-electron chi connectivity index (χ1n) is 9.65. The molecular formula is C20H19N7O3. The second kappa shape index (κ2) is 7.82. The van der Waals surface area contributed by atoms with Gasteiger partial charge >= 0.3 is 0 Å². The number of nitrogens with zero attached hydrogens (tertiary/aromatic N) is 6. The number of furan rings is 1. The lowest BCUT2D eigenvalue weighted by Crippen LogP contribution is -2.42. The molecule has 1 saturated heterocycles. The number of nitrogens with one attached hydrogen (secondary N) is 1. The van der Waals surface area contributed by atoms with Crippen LogP contribution in [0.2, 0.25) is 0 Å². The molecule has 0 aromatic carbocycles. The van der Waals surface area contributed by atoms with Crippen molar-refractivity contribution in [1.82, 2.24) is 35.1 Å². The van der Waals surface area contributed by atoms with Crippen LogP contribution in [0.5, 0.6) is 5.88 Å². The Morgan fingerprint density at radius 1 is 1.17 bits per heavy atom. The fourth-order valence-electron chi connectivity index (χ4n) is 3.40. The number of carbonyl (C=O) groups excluding carboxylic acids is 1. The summed E-state index contributed by atoms with van der Waals surface area (Å²) >= 11 is 0. The van der Waals surface area contributed by atoms with E-state index in [0.29, 0.717) is 54.8 Å². The Bertz CT molecular complexity index is 1100. The summed E-state index contributed by atoms with van der Waals surface area (Å²) < 4.78 is 12.9. The molecule has 1 amide bonds. The number of likely N-dealkylation sites (tertiary alicyclic amines) is 1. The topological polar surface area (TPSA) is 115 Å². The molecule has 0 radical (unpaired) electrons. The van der Waals surface area contributed by atoms with Crippen molar-refractivity contribution in [2.24, 2.45) is 0 Å². The second-order valence-electron chi connectivity index (χ2n) is 6.93. The minimum absolute atomic E-state index is 0.0169. The summed E-state index contributed by atoms with van der Waals surface area (Å²) in [6, 6.07) is 10.7. The van der Waals surface area contributed by atoms with E-state index in [1.54, 1.807) is 46.4 Å². The van der Waals surface area contributed by atoms with E-state index in [1.807, 2.05) is 18.2 Å². The third-order valence-corrected chi connectivity index (χ3v) is 4.97. The maximum atomic E-state index is 12.7. The molecule has 0 aliphatic carbocycles. The number of rotatable bonds is 5.